The molecule has 2 aromatic rings. The Morgan fingerprint density at radius 1 is 1.40 bits per heavy atom. The van der Waals surface area contributed by atoms with Crippen LogP contribution in [0.3, 0.4) is 0 Å². The van der Waals surface area contributed by atoms with Gasteiger partial charge in [0.1, 0.15) is 5.69 Å². The average Bonchev–Trinajstić information content (AvgIpc) is 2.88. The summed E-state index contributed by atoms with van der Waals surface area (Å²) in [5, 5.41) is 16.9. The second-order valence-electron chi connectivity index (χ2n) is 4.10. The molecule has 2 rings (SSSR count). The zero-order chi connectivity index (χ0) is 14.4. The summed E-state index contributed by atoms with van der Waals surface area (Å²) in [5.41, 5.74) is 1.18. The van der Waals surface area contributed by atoms with E-state index in [1.807, 2.05) is 6.92 Å². The molecule has 106 valence electrons. The number of carbonyl (C=O) groups is 1. The zero-order valence-electron chi connectivity index (χ0n) is 11.2. The minimum atomic E-state index is -1.09. The Balaban J connectivity index is 2.26. The van der Waals surface area contributed by atoms with Gasteiger partial charge in [0.2, 0.25) is 0 Å². The first-order chi connectivity index (χ1) is 9.74. The van der Waals surface area contributed by atoms with Crippen molar-refractivity contribution in [2.45, 2.75) is 19.9 Å². The highest BCUT2D eigenvalue weighted by Gasteiger charge is 2.20. The molecule has 0 saturated heterocycles. The van der Waals surface area contributed by atoms with Gasteiger partial charge in [-0.15, -0.1) is 5.10 Å². The number of pyridine rings is 1. The molecule has 0 amide bonds. The second kappa shape index (κ2) is 6.76. The number of rotatable bonds is 7. The lowest BCUT2D eigenvalue weighted by Gasteiger charge is -2.07. The van der Waals surface area contributed by atoms with Crippen molar-refractivity contribution in [3.63, 3.8) is 0 Å². The summed E-state index contributed by atoms with van der Waals surface area (Å²) in [6.07, 6.45) is 3.96. The van der Waals surface area contributed by atoms with E-state index in [4.69, 9.17) is 4.74 Å². The third-order valence-corrected chi connectivity index (χ3v) is 2.75. The van der Waals surface area contributed by atoms with Crippen LogP contribution in [-0.2, 0) is 11.3 Å². The number of nitrogens with zero attached hydrogens (tertiary/aromatic N) is 4. The first kappa shape index (κ1) is 14.1. The smallest absolute Gasteiger partial charge is 0.358 e. The van der Waals surface area contributed by atoms with Crippen molar-refractivity contribution in [1.82, 2.24) is 20.0 Å². The molecule has 0 aliphatic rings. The van der Waals surface area contributed by atoms with E-state index in [0.717, 1.165) is 12.0 Å². The van der Waals surface area contributed by atoms with Crippen LogP contribution in [0.15, 0.2) is 24.5 Å². The van der Waals surface area contributed by atoms with E-state index in [1.165, 1.54) is 0 Å². The number of carboxylic acid groups (broad SMARTS) is 1. The lowest BCUT2D eigenvalue weighted by molar-refractivity contribution is 0.0691. The zero-order valence-corrected chi connectivity index (χ0v) is 11.2. The van der Waals surface area contributed by atoms with Gasteiger partial charge in [-0.1, -0.05) is 5.21 Å². The maximum Gasteiger partial charge on any atom is 0.358 e. The fourth-order valence-electron chi connectivity index (χ4n) is 1.87. The molecule has 0 aliphatic carbocycles. The Hall–Kier alpha value is -2.28. The van der Waals surface area contributed by atoms with Gasteiger partial charge in [-0.05, 0) is 25.5 Å². The fourth-order valence-corrected chi connectivity index (χ4v) is 1.87. The lowest BCUT2D eigenvalue weighted by Crippen LogP contribution is -2.07. The van der Waals surface area contributed by atoms with Gasteiger partial charge in [-0.3, -0.25) is 4.98 Å². The lowest BCUT2D eigenvalue weighted by atomic mass is 10.1. The Morgan fingerprint density at radius 2 is 2.15 bits per heavy atom. The molecule has 0 aromatic carbocycles. The van der Waals surface area contributed by atoms with Gasteiger partial charge in [0.15, 0.2) is 5.69 Å². The third-order valence-electron chi connectivity index (χ3n) is 2.75. The maximum absolute atomic E-state index is 11.2. The summed E-state index contributed by atoms with van der Waals surface area (Å²) in [4.78, 5) is 15.2. The van der Waals surface area contributed by atoms with E-state index in [9.17, 15) is 9.90 Å². The van der Waals surface area contributed by atoms with E-state index in [-0.39, 0.29) is 5.69 Å². The van der Waals surface area contributed by atoms with E-state index in [2.05, 4.69) is 15.3 Å². The van der Waals surface area contributed by atoms with E-state index < -0.39 is 5.97 Å². The van der Waals surface area contributed by atoms with E-state index in [1.54, 1.807) is 29.2 Å². The van der Waals surface area contributed by atoms with Crippen LogP contribution in [0, 0.1) is 0 Å². The van der Waals surface area contributed by atoms with Gasteiger partial charge < -0.3 is 9.84 Å². The molecule has 0 spiro atoms. The SMILES string of the molecule is CCOCCCn1nnc(C(=O)O)c1-c1ccncc1. The Bertz CT molecular complexity index is 568. The number of aromatic nitrogens is 4. The number of carboxylic acids is 1. The maximum atomic E-state index is 11.2. The van der Waals surface area contributed by atoms with Crippen molar-refractivity contribution in [3.05, 3.63) is 30.2 Å². The Labute approximate surface area is 116 Å². The molecular weight excluding hydrogens is 260 g/mol. The van der Waals surface area contributed by atoms with Crippen molar-refractivity contribution in [3.8, 4) is 11.3 Å². The number of hydrogen-bond donors (Lipinski definition) is 1. The van der Waals surface area contributed by atoms with Crippen molar-refractivity contribution in [1.29, 1.82) is 0 Å². The molecule has 0 fully saturated rings. The number of ether oxygens (including phenoxy) is 1. The van der Waals surface area contributed by atoms with Crippen LogP contribution >= 0.6 is 0 Å². The average molecular weight is 276 g/mol. The molecule has 0 saturated carbocycles. The highest BCUT2D eigenvalue weighted by molar-refractivity contribution is 5.92. The minimum absolute atomic E-state index is 0.0485. The molecule has 0 atom stereocenters. The monoisotopic (exact) mass is 276 g/mol. The highest BCUT2D eigenvalue weighted by Crippen LogP contribution is 2.21. The molecule has 0 unspecified atom stereocenters. The molecular formula is C13H16N4O3. The van der Waals surface area contributed by atoms with Crippen molar-refractivity contribution in [2.24, 2.45) is 0 Å². The van der Waals surface area contributed by atoms with Crippen molar-refractivity contribution in [2.75, 3.05) is 13.2 Å². The van der Waals surface area contributed by atoms with Crippen LogP contribution in [0.2, 0.25) is 0 Å². The van der Waals surface area contributed by atoms with Crippen molar-refractivity contribution >= 4 is 5.97 Å². The molecule has 7 nitrogen and oxygen atoms in total. The molecule has 0 radical (unpaired) electrons. The summed E-state index contributed by atoms with van der Waals surface area (Å²) in [6, 6.07) is 3.48. The summed E-state index contributed by atoms with van der Waals surface area (Å²) in [5.74, 6) is -1.09. The summed E-state index contributed by atoms with van der Waals surface area (Å²) in [7, 11) is 0. The quantitative estimate of drug-likeness (QED) is 0.770. The van der Waals surface area contributed by atoms with Crippen LogP contribution in [-0.4, -0.2) is 44.3 Å². The Kier molecular flexibility index (Phi) is 4.78. The van der Waals surface area contributed by atoms with Crippen LogP contribution in [0.4, 0.5) is 0 Å². The number of hydrogen-bond acceptors (Lipinski definition) is 5. The van der Waals surface area contributed by atoms with Crippen LogP contribution in [0.5, 0.6) is 0 Å². The molecule has 7 heteroatoms. The first-order valence-electron chi connectivity index (χ1n) is 6.39. The number of aryl methyl sites for hydroxylation is 1. The third kappa shape index (κ3) is 3.18. The molecule has 0 aliphatic heterocycles. The summed E-state index contributed by atoms with van der Waals surface area (Å²) < 4.78 is 6.86. The number of aromatic carboxylic acids is 1. The van der Waals surface area contributed by atoms with Gasteiger partial charge in [0.25, 0.3) is 0 Å². The molecule has 2 aromatic heterocycles. The summed E-state index contributed by atoms with van der Waals surface area (Å²) in [6.45, 7) is 3.75. The van der Waals surface area contributed by atoms with E-state index in [0.29, 0.717) is 25.5 Å². The van der Waals surface area contributed by atoms with E-state index >= 15 is 0 Å². The van der Waals surface area contributed by atoms with Crippen LogP contribution in [0.25, 0.3) is 11.3 Å². The standard InChI is InChI=1S/C13H16N4O3/c1-2-20-9-3-8-17-12(10-4-6-14-7-5-10)11(13(18)19)15-16-17/h4-7H,2-3,8-9H2,1H3,(H,18,19). The molecule has 20 heavy (non-hydrogen) atoms. The van der Waals surface area contributed by atoms with Crippen LogP contribution in [0.1, 0.15) is 23.8 Å². The van der Waals surface area contributed by atoms with Crippen molar-refractivity contribution < 1.29 is 14.6 Å². The van der Waals surface area contributed by atoms with Gasteiger partial charge in [-0.25, -0.2) is 9.48 Å². The normalized spacial score (nSPS) is 10.7. The largest absolute Gasteiger partial charge is 0.476 e. The second-order valence-corrected chi connectivity index (χ2v) is 4.10. The minimum Gasteiger partial charge on any atom is -0.476 e. The Morgan fingerprint density at radius 3 is 2.80 bits per heavy atom. The highest BCUT2D eigenvalue weighted by atomic mass is 16.5. The van der Waals surface area contributed by atoms with Gasteiger partial charge in [-0.2, -0.15) is 0 Å². The van der Waals surface area contributed by atoms with Gasteiger partial charge >= 0.3 is 5.97 Å². The molecule has 2 heterocycles. The first-order valence-corrected chi connectivity index (χ1v) is 6.39. The van der Waals surface area contributed by atoms with Gasteiger partial charge in [0.05, 0.1) is 0 Å². The van der Waals surface area contributed by atoms with Gasteiger partial charge in [0, 0.05) is 37.7 Å². The predicted octanol–water partition coefficient (Wildman–Crippen LogP) is 1.46. The topological polar surface area (TPSA) is 90.1 Å². The predicted molar refractivity (Wildman–Crippen MR) is 71.3 cm³/mol. The fraction of sp³-hybridized carbons (Fsp3) is 0.385. The summed E-state index contributed by atoms with van der Waals surface area (Å²) >= 11 is 0. The molecule has 0 bridgehead atoms. The van der Waals surface area contributed by atoms with Crippen LogP contribution < -0.4 is 0 Å². The molecule has 1 N–H and O–H groups in total.